The molecule has 0 N–H and O–H groups in total. The Morgan fingerprint density at radius 3 is 2.94 bits per heavy atom. The van der Waals surface area contributed by atoms with Crippen LogP contribution in [-0.2, 0) is 6.42 Å². The molecular weight excluding hydrogens is 222 g/mol. The first-order chi connectivity index (χ1) is 7.76. The van der Waals surface area contributed by atoms with Crippen molar-refractivity contribution < 1.29 is 0 Å². The highest BCUT2D eigenvalue weighted by Crippen LogP contribution is 2.20. The highest BCUT2D eigenvalue weighted by molar-refractivity contribution is 6.31. The van der Waals surface area contributed by atoms with E-state index in [4.69, 9.17) is 16.9 Å². The molecule has 0 saturated heterocycles. The van der Waals surface area contributed by atoms with Crippen LogP contribution in [0.2, 0.25) is 5.02 Å². The number of aromatic nitrogens is 2. The first kappa shape index (κ1) is 10.7. The number of aryl methyl sites for hydroxylation is 1. The van der Waals surface area contributed by atoms with Gasteiger partial charge in [-0.25, -0.2) is 4.98 Å². The Kier molecular flexibility index (Phi) is 2.93. The van der Waals surface area contributed by atoms with Crippen molar-refractivity contribution in [1.29, 1.82) is 5.26 Å². The summed E-state index contributed by atoms with van der Waals surface area (Å²) < 4.78 is 1.97. The van der Waals surface area contributed by atoms with E-state index in [9.17, 15) is 0 Å². The molecule has 0 spiro atoms. The lowest BCUT2D eigenvalue weighted by Gasteiger charge is -2.07. The van der Waals surface area contributed by atoms with Gasteiger partial charge in [-0.2, -0.15) is 5.26 Å². The molecule has 3 nitrogen and oxygen atoms in total. The third-order valence-corrected chi connectivity index (χ3v) is 2.70. The molecule has 0 fully saturated rings. The van der Waals surface area contributed by atoms with E-state index in [0.29, 0.717) is 10.6 Å². The van der Waals surface area contributed by atoms with Gasteiger partial charge in [-0.05, 0) is 18.2 Å². The zero-order valence-corrected chi connectivity index (χ0v) is 9.57. The molecular formula is C12H10ClN3. The fourth-order valence-electron chi connectivity index (χ4n) is 1.58. The second-order valence-electron chi connectivity index (χ2n) is 3.34. The van der Waals surface area contributed by atoms with E-state index in [2.05, 4.69) is 4.98 Å². The van der Waals surface area contributed by atoms with E-state index in [1.165, 1.54) is 0 Å². The number of benzene rings is 1. The molecule has 0 amide bonds. The van der Waals surface area contributed by atoms with E-state index in [1.54, 1.807) is 18.3 Å². The monoisotopic (exact) mass is 231 g/mol. The lowest BCUT2D eigenvalue weighted by Crippen LogP contribution is -1.99. The summed E-state index contributed by atoms with van der Waals surface area (Å²) in [6.07, 6.45) is 4.49. The smallest absolute Gasteiger partial charge is 0.112 e. The van der Waals surface area contributed by atoms with Crippen molar-refractivity contribution in [3.8, 4) is 11.8 Å². The maximum absolute atomic E-state index is 8.79. The molecule has 0 aliphatic rings. The molecule has 1 aromatic carbocycles. The molecule has 0 bridgehead atoms. The third kappa shape index (κ3) is 1.80. The number of nitriles is 1. The summed E-state index contributed by atoms with van der Waals surface area (Å²) in [4.78, 5) is 4.24. The second-order valence-corrected chi connectivity index (χ2v) is 3.75. The maximum atomic E-state index is 8.79. The largest absolute Gasteiger partial charge is 0.304 e. The molecule has 16 heavy (non-hydrogen) atoms. The van der Waals surface area contributed by atoms with E-state index in [0.717, 1.165) is 17.9 Å². The molecule has 0 aliphatic heterocycles. The van der Waals surface area contributed by atoms with Gasteiger partial charge in [0.15, 0.2) is 0 Å². The fraction of sp³-hybridized carbons (Fsp3) is 0.167. The Labute approximate surface area is 98.9 Å². The summed E-state index contributed by atoms with van der Waals surface area (Å²) in [6, 6.07) is 7.40. The number of halogens is 1. The van der Waals surface area contributed by atoms with E-state index >= 15 is 0 Å². The van der Waals surface area contributed by atoms with Gasteiger partial charge in [0.25, 0.3) is 0 Å². The van der Waals surface area contributed by atoms with Crippen molar-refractivity contribution in [2.24, 2.45) is 0 Å². The molecule has 0 saturated carbocycles. The molecule has 2 rings (SSSR count). The predicted octanol–water partition coefficient (Wildman–Crippen LogP) is 2.96. The molecule has 0 atom stereocenters. The molecule has 1 aromatic heterocycles. The first-order valence-corrected chi connectivity index (χ1v) is 5.36. The number of hydrogen-bond donors (Lipinski definition) is 0. The summed E-state index contributed by atoms with van der Waals surface area (Å²) in [5.41, 5.74) is 1.42. The van der Waals surface area contributed by atoms with Crippen molar-refractivity contribution in [3.63, 3.8) is 0 Å². The van der Waals surface area contributed by atoms with Crippen LogP contribution in [0.25, 0.3) is 5.69 Å². The van der Waals surface area contributed by atoms with Crippen molar-refractivity contribution in [1.82, 2.24) is 9.55 Å². The molecule has 0 radical (unpaired) electrons. The Morgan fingerprint density at radius 2 is 2.31 bits per heavy atom. The zero-order valence-electron chi connectivity index (χ0n) is 8.81. The van der Waals surface area contributed by atoms with Crippen LogP contribution in [0.3, 0.4) is 0 Å². The predicted molar refractivity (Wildman–Crippen MR) is 62.7 cm³/mol. The van der Waals surface area contributed by atoms with E-state index < -0.39 is 0 Å². The van der Waals surface area contributed by atoms with Gasteiger partial charge in [-0.3, -0.25) is 0 Å². The molecule has 2 aromatic rings. The highest BCUT2D eigenvalue weighted by Gasteiger charge is 2.05. The average molecular weight is 232 g/mol. The van der Waals surface area contributed by atoms with Crippen LogP contribution in [0, 0.1) is 11.3 Å². The quantitative estimate of drug-likeness (QED) is 0.798. The van der Waals surface area contributed by atoms with Gasteiger partial charge in [0, 0.05) is 24.5 Å². The molecule has 1 heterocycles. The molecule has 80 valence electrons. The van der Waals surface area contributed by atoms with E-state index in [-0.39, 0.29) is 0 Å². The SMILES string of the molecule is CCc1nccn1-c1ccc(C#N)c(Cl)c1. The van der Waals surface area contributed by atoms with Crippen LogP contribution in [0.4, 0.5) is 0 Å². The van der Waals surface area contributed by atoms with Gasteiger partial charge >= 0.3 is 0 Å². The lowest BCUT2D eigenvalue weighted by molar-refractivity contribution is 0.891. The average Bonchev–Trinajstić information content (AvgIpc) is 2.77. The van der Waals surface area contributed by atoms with Gasteiger partial charge in [0.2, 0.25) is 0 Å². The second kappa shape index (κ2) is 4.38. The van der Waals surface area contributed by atoms with Crippen LogP contribution in [0.15, 0.2) is 30.6 Å². The van der Waals surface area contributed by atoms with Crippen molar-refractivity contribution in [3.05, 3.63) is 47.0 Å². The fourth-order valence-corrected chi connectivity index (χ4v) is 1.79. The molecule has 4 heteroatoms. The van der Waals surface area contributed by atoms with E-state index in [1.807, 2.05) is 29.8 Å². The summed E-state index contributed by atoms with van der Waals surface area (Å²) in [6.45, 7) is 2.05. The molecule has 0 unspecified atom stereocenters. The van der Waals surface area contributed by atoms with Crippen LogP contribution in [0.5, 0.6) is 0 Å². The first-order valence-electron chi connectivity index (χ1n) is 4.98. The standard InChI is InChI=1S/C12H10ClN3/c1-2-12-15-5-6-16(12)10-4-3-9(8-14)11(13)7-10/h3-7H,2H2,1H3. The van der Waals surface area contributed by atoms with Crippen LogP contribution >= 0.6 is 11.6 Å². The minimum absolute atomic E-state index is 0.468. The number of nitrogens with zero attached hydrogens (tertiary/aromatic N) is 3. The van der Waals surface area contributed by atoms with Crippen LogP contribution in [-0.4, -0.2) is 9.55 Å². The van der Waals surface area contributed by atoms with Crippen LogP contribution in [0.1, 0.15) is 18.3 Å². The van der Waals surface area contributed by atoms with Gasteiger partial charge in [-0.1, -0.05) is 18.5 Å². The number of imidazole rings is 1. The number of rotatable bonds is 2. The van der Waals surface area contributed by atoms with Gasteiger partial charge in [-0.15, -0.1) is 0 Å². The third-order valence-electron chi connectivity index (χ3n) is 2.38. The van der Waals surface area contributed by atoms with Crippen molar-refractivity contribution in [2.45, 2.75) is 13.3 Å². The zero-order chi connectivity index (χ0) is 11.5. The van der Waals surface area contributed by atoms with Crippen molar-refractivity contribution >= 4 is 11.6 Å². The van der Waals surface area contributed by atoms with Crippen LogP contribution < -0.4 is 0 Å². The summed E-state index contributed by atoms with van der Waals surface area (Å²) >= 11 is 5.99. The number of hydrogen-bond acceptors (Lipinski definition) is 2. The Balaban J connectivity index is 2.50. The normalized spacial score (nSPS) is 10.1. The minimum atomic E-state index is 0.468. The van der Waals surface area contributed by atoms with Gasteiger partial charge in [0.05, 0.1) is 10.6 Å². The molecule has 0 aliphatic carbocycles. The summed E-state index contributed by atoms with van der Waals surface area (Å²) in [5.74, 6) is 0.973. The summed E-state index contributed by atoms with van der Waals surface area (Å²) in [5, 5.41) is 9.26. The summed E-state index contributed by atoms with van der Waals surface area (Å²) in [7, 11) is 0. The highest BCUT2D eigenvalue weighted by atomic mass is 35.5. The Bertz CT molecular complexity index is 552. The maximum Gasteiger partial charge on any atom is 0.112 e. The van der Waals surface area contributed by atoms with Gasteiger partial charge < -0.3 is 4.57 Å². The Morgan fingerprint density at radius 1 is 1.50 bits per heavy atom. The minimum Gasteiger partial charge on any atom is -0.304 e. The Hall–Kier alpha value is -1.79. The van der Waals surface area contributed by atoms with Gasteiger partial charge in [0.1, 0.15) is 11.9 Å². The van der Waals surface area contributed by atoms with Crippen molar-refractivity contribution in [2.75, 3.05) is 0 Å². The topological polar surface area (TPSA) is 41.6 Å². The lowest BCUT2D eigenvalue weighted by atomic mass is 10.2.